The number of methoxy groups -OCH3 is 1. The maximum Gasteiger partial charge on any atom is 0.307 e. The van der Waals surface area contributed by atoms with Crippen LogP contribution in [-0.2, 0) is 0 Å². The summed E-state index contributed by atoms with van der Waals surface area (Å²) in [6.45, 7) is 7.20. The molecule has 7 heteroatoms. The minimum absolute atomic E-state index is 0.152. The van der Waals surface area contributed by atoms with Crippen molar-refractivity contribution < 1.29 is 23.4 Å². The average Bonchev–Trinajstić information content (AvgIpc) is 3.18. The molecule has 30 heavy (non-hydrogen) atoms. The second-order valence-corrected chi connectivity index (χ2v) is 7.03. The van der Waals surface area contributed by atoms with E-state index in [1.165, 1.54) is 6.21 Å². The van der Waals surface area contributed by atoms with Gasteiger partial charge in [-0.25, -0.2) is 5.43 Å². The van der Waals surface area contributed by atoms with Crippen LogP contribution in [0.15, 0.2) is 52.0 Å². The van der Waals surface area contributed by atoms with Crippen LogP contribution < -0.4 is 19.6 Å². The van der Waals surface area contributed by atoms with Gasteiger partial charge < -0.3 is 18.6 Å². The van der Waals surface area contributed by atoms with Gasteiger partial charge in [0, 0.05) is 5.39 Å². The van der Waals surface area contributed by atoms with Crippen molar-refractivity contribution in [3.8, 4) is 17.2 Å². The molecule has 0 bridgehead atoms. The van der Waals surface area contributed by atoms with Crippen LogP contribution in [0.5, 0.6) is 17.2 Å². The Bertz CT molecular complexity index is 1040. The first-order valence-corrected chi connectivity index (χ1v) is 9.81. The summed E-state index contributed by atoms with van der Waals surface area (Å²) < 4.78 is 22.3. The van der Waals surface area contributed by atoms with Crippen LogP contribution in [0, 0.1) is 5.92 Å². The third-order valence-electron chi connectivity index (χ3n) is 4.17. The number of carbonyl (C=O) groups is 1. The van der Waals surface area contributed by atoms with E-state index < -0.39 is 5.91 Å². The third kappa shape index (κ3) is 5.11. The molecule has 1 amide bonds. The Morgan fingerprint density at radius 3 is 2.70 bits per heavy atom. The predicted octanol–water partition coefficient (Wildman–Crippen LogP) is 4.64. The largest absolute Gasteiger partial charge is 0.493 e. The van der Waals surface area contributed by atoms with E-state index in [9.17, 15) is 4.79 Å². The Morgan fingerprint density at radius 1 is 1.13 bits per heavy atom. The van der Waals surface area contributed by atoms with E-state index in [-0.39, 0.29) is 5.76 Å². The lowest BCUT2D eigenvalue weighted by Gasteiger charge is -2.13. The fraction of sp³-hybridized carbons (Fsp3) is 0.304. The van der Waals surface area contributed by atoms with E-state index in [0.29, 0.717) is 42.0 Å². The number of hydrogen-bond donors (Lipinski definition) is 1. The average molecular weight is 410 g/mol. The van der Waals surface area contributed by atoms with Crippen molar-refractivity contribution in [2.45, 2.75) is 20.8 Å². The van der Waals surface area contributed by atoms with Gasteiger partial charge in [-0.1, -0.05) is 26.0 Å². The molecule has 158 valence electrons. The fourth-order valence-electron chi connectivity index (χ4n) is 2.78. The number of hydrogen-bond acceptors (Lipinski definition) is 6. The van der Waals surface area contributed by atoms with Crippen LogP contribution in [0.1, 0.15) is 36.9 Å². The van der Waals surface area contributed by atoms with Gasteiger partial charge in [0.15, 0.2) is 28.6 Å². The highest BCUT2D eigenvalue weighted by Crippen LogP contribution is 2.29. The summed E-state index contributed by atoms with van der Waals surface area (Å²) >= 11 is 0. The molecule has 1 heterocycles. The van der Waals surface area contributed by atoms with E-state index >= 15 is 0 Å². The lowest BCUT2D eigenvalue weighted by Crippen LogP contribution is -2.16. The molecule has 0 atom stereocenters. The van der Waals surface area contributed by atoms with Crippen LogP contribution in [0.4, 0.5) is 0 Å². The molecule has 0 saturated heterocycles. The standard InChI is InChI=1S/C23H26N2O5/c1-5-28-20-11-16(9-10-18(20)29-14-15(2)3)13-24-25-23(26)21-12-17-7-6-8-19(27-4)22(17)30-21/h6-13,15H,5,14H2,1-4H3,(H,25,26)/b24-13-. The van der Waals surface area contributed by atoms with E-state index in [0.717, 1.165) is 10.9 Å². The molecule has 1 N–H and O–H groups in total. The minimum atomic E-state index is -0.452. The van der Waals surface area contributed by atoms with Crippen molar-refractivity contribution in [1.29, 1.82) is 0 Å². The molecular formula is C23H26N2O5. The molecule has 7 nitrogen and oxygen atoms in total. The second kappa shape index (κ2) is 9.82. The summed E-state index contributed by atoms with van der Waals surface area (Å²) in [5, 5.41) is 4.80. The Hall–Kier alpha value is -3.48. The molecule has 1 aromatic heterocycles. The first-order valence-electron chi connectivity index (χ1n) is 9.81. The monoisotopic (exact) mass is 410 g/mol. The minimum Gasteiger partial charge on any atom is -0.493 e. The van der Waals surface area contributed by atoms with Crippen LogP contribution in [-0.4, -0.2) is 32.4 Å². The van der Waals surface area contributed by atoms with Crippen LogP contribution in [0.25, 0.3) is 11.0 Å². The molecule has 0 radical (unpaired) electrons. The topological polar surface area (TPSA) is 82.3 Å². The number of rotatable bonds is 9. The van der Waals surface area contributed by atoms with Gasteiger partial charge in [0.05, 0.1) is 26.5 Å². The SMILES string of the molecule is CCOc1cc(/C=N\NC(=O)c2cc3cccc(OC)c3o2)ccc1OCC(C)C. The number of hydrazone groups is 1. The van der Waals surface area contributed by atoms with Gasteiger partial charge >= 0.3 is 5.91 Å². The Kier molecular flexibility index (Phi) is 6.95. The zero-order chi connectivity index (χ0) is 21.5. The molecule has 0 saturated carbocycles. The van der Waals surface area contributed by atoms with Gasteiger partial charge in [0.1, 0.15) is 0 Å². The highest BCUT2D eigenvalue weighted by atomic mass is 16.5. The highest BCUT2D eigenvalue weighted by Gasteiger charge is 2.14. The maximum atomic E-state index is 12.4. The van der Waals surface area contributed by atoms with Crippen molar-refractivity contribution in [2.24, 2.45) is 11.0 Å². The highest BCUT2D eigenvalue weighted by molar-refractivity contribution is 5.97. The lowest BCUT2D eigenvalue weighted by molar-refractivity contribution is 0.0929. The van der Waals surface area contributed by atoms with Crippen molar-refractivity contribution in [2.75, 3.05) is 20.3 Å². The summed E-state index contributed by atoms with van der Waals surface area (Å²) in [6, 6.07) is 12.6. The van der Waals surface area contributed by atoms with E-state index in [1.54, 1.807) is 19.2 Å². The van der Waals surface area contributed by atoms with E-state index in [4.69, 9.17) is 18.6 Å². The zero-order valence-electron chi connectivity index (χ0n) is 17.6. The normalized spacial score (nSPS) is 11.2. The second-order valence-electron chi connectivity index (χ2n) is 7.03. The number of benzene rings is 2. The van der Waals surface area contributed by atoms with Crippen LogP contribution in [0.3, 0.4) is 0 Å². The van der Waals surface area contributed by atoms with Gasteiger partial charge in [-0.2, -0.15) is 5.10 Å². The van der Waals surface area contributed by atoms with Crippen LogP contribution >= 0.6 is 0 Å². The quantitative estimate of drug-likeness (QED) is 0.410. The number of nitrogens with one attached hydrogen (secondary N) is 1. The summed E-state index contributed by atoms with van der Waals surface area (Å²) in [7, 11) is 1.55. The number of carbonyl (C=O) groups excluding carboxylic acids is 1. The van der Waals surface area contributed by atoms with E-state index in [1.807, 2.05) is 37.3 Å². The van der Waals surface area contributed by atoms with Crippen molar-refractivity contribution in [3.63, 3.8) is 0 Å². The first-order chi connectivity index (χ1) is 14.5. The number of ether oxygens (including phenoxy) is 3. The summed E-state index contributed by atoms with van der Waals surface area (Å²) in [4.78, 5) is 12.4. The van der Waals surface area contributed by atoms with Crippen molar-refractivity contribution in [1.82, 2.24) is 5.43 Å². The molecule has 0 fully saturated rings. The summed E-state index contributed by atoms with van der Waals surface area (Å²) in [6.07, 6.45) is 1.54. The molecule has 3 rings (SSSR count). The molecule has 0 unspecified atom stereocenters. The third-order valence-corrected chi connectivity index (χ3v) is 4.17. The fourth-order valence-corrected chi connectivity index (χ4v) is 2.78. The Morgan fingerprint density at radius 2 is 1.97 bits per heavy atom. The first kappa shape index (κ1) is 21.2. The predicted molar refractivity (Wildman–Crippen MR) is 116 cm³/mol. The maximum absolute atomic E-state index is 12.4. The van der Waals surface area contributed by atoms with Gasteiger partial charge in [0.2, 0.25) is 0 Å². The van der Waals surface area contributed by atoms with Gasteiger partial charge in [0.25, 0.3) is 0 Å². The van der Waals surface area contributed by atoms with E-state index in [2.05, 4.69) is 24.4 Å². The summed E-state index contributed by atoms with van der Waals surface area (Å²) in [5.41, 5.74) is 3.76. The molecular weight excluding hydrogens is 384 g/mol. The number of para-hydroxylation sites is 1. The Balaban J connectivity index is 1.69. The van der Waals surface area contributed by atoms with Gasteiger partial charge in [-0.3, -0.25) is 4.79 Å². The molecule has 3 aromatic rings. The lowest BCUT2D eigenvalue weighted by atomic mass is 10.2. The smallest absolute Gasteiger partial charge is 0.307 e. The van der Waals surface area contributed by atoms with Gasteiger partial charge in [-0.05, 0) is 48.7 Å². The van der Waals surface area contributed by atoms with Crippen molar-refractivity contribution >= 4 is 23.1 Å². The number of amides is 1. The number of fused-ring (bicyclic) bond motifs is 1. The van der Waals surface area contributed by atoms with Crippen molar-refractivity contribution in [3.05, 3.63) is 53.8 Å². The zero-order valence-corrected chi connectivity index (χ0v) is 17.6. The molecule has 0 aliphatic carbocycles. The van der Waals surface area contributed by atoms with Gasteiger partial charge in [-0.15, -0.1) is 0 Å². The summed E-state index contributed by atoms with van der Waals surface area (Å²) in [5.74, 6) is 2.00. The number of furan rings is 1. The molecule has 2 aromatic carbocycles. The Labute approximate surface area is 175 Å². The molecule has 0 aliphatic heterocycles. The number of nitrogens with zero attached hydrogens (tertiary/aromatic N) is 1. The molecule has 0 spiro atoms. The van der Waals surface area contributed by atoms with Crippen LogP contribution in [0.2, 0.25) is 0 Å². The molecule has 0 aliphatic rings.